The van der Waals surface area contributed by atoms with E-state index in [2.05, 4.69) is 21.2 Å². The van der Waals surface area contributed by atoms with Gasteiger partial charge in [-0.2, -0.15) is 0 Å². The van der Waals surface area contributed by atoms with Gasteiger partial charge in [-0.15, -0.1) is 12.4 Å². The number of nitrogens with one attached hydrogen (secondary N) is 1. The first-order chi connectivity index (χ1) is 8.62. The van der Waals surface area contributed by atoms with Crippen molar-refractivity contribution in [2.45, 2.75) is 24.9 Å². The van der Waals surface area contributed by atoms with Crippen molar-refractivity contribution in [3.8, 4) is 0 Å². The van der Waals surface area contributed by atoms with Crippen LogP contribution in [0.3, 0.4) is 0 Å². The average Bonchev–Trinajstić information content (AvgIpc) is 2.38. The molecule has 0 aliphatic carbocycles. The number of ether oxygens (including phenoxy) is 1. The van der Waals surface area contributed by atoms with Gasteiger partial charge in [0.05, 0.1) is 5.54 Å². The van der Waals surface area contributed by atoms with Crippen molar-refractivity contribution >= 4 is 34.2 Å². The number of hydrogen-bond donors (Lipinski definition) is 2. The van der Waals surface area contributed by atoms with E-state index in [4.69, 9.17) is 10.5 Å². The van der Waals surface area contributed by atoms with Crippen LogP contribution in [-0.4, -0.2) is 24.7 Å². The quantitative estimate of drug-likeness (QED) is 0.877. The Labute approximate surface area is 127 Å². The second kappa shape index (κ2) is 7.24. The number of nitrogens with two attached hydrogens (primary N) is 1. The van der Waals surface area contributed by atoms with Crippen molar-refractivity contribution in [1.82, 2.24) is 5.32 Å². The lowest BCUT2D eigenvalue weighted by atomic mass is 9.90. The van der Waals surface area contributed by atoms with Crippen LogP contribution in [-0.2, 0) is 16.1 Å². The smallest absolute Gasteiger partial charge is 0.240 e. The number of amides is 1. The molecular weight excluding hydrogens is 332 g/mol. The van der Waals surface area contributed by atoms with E-state index < -0.39 is 5.54 Å². The Morgan fingerprint density at radius 3 is 2.63 bits per heavy atom. The van der Waals surface area contributed by atoms with E-state index in [-0.39, 0.29) is 18.3 Å². The molecule has 0 atom stereocenters. The highest BCUT2D eigenvalue weighted by atomic mass is 79.9. The van der Waals surface area contributed by atoms with Gasteiger partial charge in [0, 0.05) is 24.2 Å². The van der Waals surface area contributed by atoms with Crippen molar-refractivity contribution in [1.29, 1.82) is 0 Å². The van der Waals surface area contributed by atoms with E-state index in [1.54, 1.807) is 0 Å². The molecule has 1 saturated heterocycles. The summed E-state index contributed by atoms with van der Waals surface area (Å²) in [7, 11) is 0. The molecule has 1 fully saturated rings. The van der Waals surface area contributed by atoms with E-state index in [9.17, 15) is 4.79 Å². The minimum atomic E-state index is -0.778. The van der Waals surface area contributed by atoms with Crippen LogP contribution in [0, 0.1) is 0 Å². The minimum Gasteiger partial charge on any atom is -0.381 e. The van der Waals surface area contributed by atoms with Crippen molar-refractivity contribution in [3.05, 3.63) is 34.3 Å². The van der Waals surface area contributed by atoms with Gasteiger partial charge in [-0.05, 0) is 24.5 Å². The SMILES string of the molecule is Cl.NC1(C(=O)NCc2ccccc2Br)CCOCC1. The Hall–Kier alpha value is -0.620. The summed E-state index contributed by atoms with van der Waals surface area (Å²) in [6.45, 7) is 1.60. The molecule has 1 heterocycles. The molecular formula is C13H18BrClN2O2. The molecule has 0 spiro atoms. The third-order valence-electron chi connectivity index (χ3n) is 3.23. The fourth-order valence-electron chi connectivity index (χ4n) is 1.96. The summed E-state index contributed by atoms with van der Waals surface area (Å²) in [5.74, 6) is -0.0958. The molecule has 1 aromatic rings. The highest BCUT2D eigenvalue weighted by molar-refractivity contribution is 9.10. The number of halogens is 2. The van der Waals surface area contributed by atoms with E-state index >= 15 is 0 Å². The fourth-order valence-corrected chi connectivity index (χ4v) is 2.38. The third kappa shape index (κ3) is 4.18. The van der Waals surface area contributed by atoms with E-state index in [1.165, 1.54) is 0 Å². The summed E-state index contributed by atoms with van der Waals surface area (Å²) in [5.41, 5.74) is 6.37. The Morgan fingerprint density at radius 2 is 2.00 bits per heavy atom. The molecule has 0 unspecified atom stereocenters. The van der Waals surface area contributed by atoms with Crippen LogP contribution >= 0.6 is 28.3 Å². The lowest BCUT2D eigenvalue weighted by Gasteiger charge is -2.31. The Bertz CT molecular complexity index is 436. The highest BCUT2D eigenvalue weighted by Crippen LogP contribution is 2.19. The maximum atomic E-state index is 12.1. The second-order valence-electron chi connectivity index (χ2n) is 4.54. The summed E-state index contributed by atoms with van der Waals surface area (Å²) < 4.78 is 6.22. The third-order valence-corrected chi connectivity index (χ3v) is 4.01. The molecule has 19 heavy (non-hydrogen) atoms. The number of rotatable bonds is 3. The van der Waals surface area contributed by atoms with Crippen LogP contribution in [0.4, 0.5) is 0 Å². The van der Waals surface area contributed by atoms with Crippen LogP contribution in [0.1, 0.15) is 18.4 Å². The van der Waals surface area contributed by atoms with Crippen LogP contribution in [0.2, 0.25) is 0 Å². The zero-order chi connectivity index (χ0) is 13.0. The first-order valence-corrected chi connectivity index (χ1v) is 6.79. The normalized spacial score (nSPS) is 17.4. The van der Waals surface area contributed by atoms with Crippen molar-refractivity contribution in [3.63, 3.8) is 0 Å². The Balaban J connectivity index is 0.00000180. The molecule has 106 valence electrons. The van der Waals surface area contributed by atoms with Gasteiger partial charge in [-0.25, -0.2) is 0 Å². The van der Waals surface area contributed by atoms with Gasteiger partial charge in [0.15, 0.2) is 0 Å². The molecule has 1 amide bonds. The van der Waals surface area contributed by atoms with Gasteiger partial charge in [-0.1, -0.05) is 34.1 Å². The maximum absolute atomic E-state index is 12.1. The monoisotopic (exact) mass is 348 g/mol. The number of hydrogen-bond acceptors (Lipinski definition) is 3. The largest absolute Gasteiger partial charge is 0.381 e. The fraction of sp³-hybridized carbons (Fsp3) is 0.462. The molecule has 0 radical (unpaired) electrons. The molecule has 0 bridgehead atoms. The molecule has 6 heteroatoms. The van der Waals surface area contributed by atoms with Crippen LogP contribution in [0.5, 0.6) is 0 Å². The van der Waals surface area contributed by atoms with Crippen molar-refractivity contribution in [2.75, 3.05) is 13.2 Å². The predicted molar refractivity (Wildman–Crippen MR) is 80.2 cm³/mol. The molecule has 4 nitrogen and oxygen atoms in total. The lowest BCUT2D eigenvalue weighted by molar-refractivity contribution is -0.129. The first kappa shape index (κ1) is 16.4. The number of carbonyl (C=O) groups is 1. The second-order valence-corrected chi connectivity index (χ2v) is 5.40. The number of carbonyl (C=O) groups excluding carboxylic acids is 1. The van der Waals surface area contributed by atoms with Gasteiger partial charge in [0.1, 0.15) is 0 Å². The zero-order valence-corrected chi connectivity index (χ0v) is 12.9. The summed E-state index contributed by atoms with van der Waals surface area (Å²) in [4.78, 5) is 12.1. The summed E-state index contributed by atoms with van der Waals surface area (Å²) >= 11 is 3.45. The van der Waals surface area contributed by atoms with E-state index in [0.29, 0.717) is 32.6 Å². The molecule has 0 saturated carbocycles. The molecule has 2 rings (SSSR count). The molecule has 0 aromatic heterocycles. The van der Waals surface area contributed by atoms with Gasteiger partial charge in [0.2, 0.25) is 5.91 Å². The predicted octanol–water partition coefficient (Wildman–Crippen LogP) is 1.99. The summed E-state index contributed by atoms with van der Waals surface area (Å²) in [6.07, 6.45) is 1.16. The topological polar surface area (TPSA) is 64.4 Å². The molecule has 1 aliphatic rings. The van der Waals surface area contributed by atoms with E-state index in [1.807, 2.05) is 24.3 Å². The highest BCUT2D eigenvalue weighted by Gasteiger charge is 2.35. The minimum absolute atomic E-state index is 0. The molecule has 3 N–H and O–H groups in total. The van der Waals surface area contributed by atoms with Crippen LogP contribution in [0.25, 0.3) is 0 Å². The van der Waals surface area contributed by atoms with Crippen molar-refractivity contribution in [2.24, 2.45) is 5.73 Å². The van der Waals surface area contributed by atoms with Gasteiger partial charge < -0.3 is 15.8 Å². The standard InChI is InChI=1S/C13H17BrN2O2.ClH/c14-11-4-2-1-3-10(11)9-16-12(17)13(15)5-7-18-8-6-13;/h1-4H,5-9,15H2,(H,16,17);1H. The number of benzene rings is 1. The molecule has 1 aliphatic heterocycles. The maximum Gasteiger partial charge on any atom is 0.240 e. The first-order valence-electron chi connectivity index (χ1n) is 6.00. The van der Waals surface area contributed by atoms with Crippen molar-refractivity contribution < 1.29 is 9.53 Å². The Morgan fingerprint density at radius 1 is 1.37 bits per heavy atom. The Kier molecular flexibility index (Phi) is 6.26. The lowest BCUT2D eigenvalue weighted by Crippen LogP contribution is -2.56. The average molecular weight is 350 g/mol. The zero-order valence-electron chi connectivity index (χ0n) is 10.5. The summed E-state index contributed by atoms with van der Waals surface area (Å²) in [6, 6.07) is 7.81. The van der Waals surface area contributed by atoms with Gasteiger partial charge in [0.25, 0.3) is 0 Å². The van der Waals surface area contributed by atoms with E-state index in [0.717, 1.165) is 10.0 Å². The van der Waals surface area contributed by atoms with Crippen LogP contribution < -0.4 is 11.1 Å². The van der Waals surface area contributed by atoms with Gasteiger partial charge in [-0.3, -0.25) is 4.79 Å². The summed E-state index contributed by atoms with van der Waals surface area (Å²) in [5, 5.41) is 2.90. The van der Waals surface area contributed by atoms with Gasteiger partial charge >= 0.3 is 0 Å². The van der Waals surface area contributed by atoms with Crippen LogP contribution in [0.15, 0.2) is 28.7 Å². The molecule has 1 aromatic carbocycles.